The van der Waals surface area contributed by atoms with E-state index in [1.54, 1.807) is 6.20 Å². The molecule has 0 fully saturated rings. The van der Waals surface area contributed by atoms with Crippen molar-refractivity contribution in [1.82, 2.24) is 5.23 Å². The summed E-state index contributed by atoms with van der Waals surface area (Å²) < 4.78 is 1.87. The van der Waals surface area contributed by atoms with Gasteiger partial charge in [-0.1, -0.05) is 22.6 Å². The number of halogens is 1. The summed E-state index contributed by atoms with van der Waals surface area (Å²) in [5.74, 6) is 0. The van der Waals surface area contributed by atoms with E-state index in [4.69, 9.17) is 5.64 Å². The summed E-state index contributed by atoms with van der Waals surface area (Å²) in [6.45, 7) is 0. The molecular weight excluding hydrogens is 190 g/mol. The highest BCUT2D eigenvalue weighted by atomic mass is 127. The first-order valence-corrected chi connectivity index (χ1v) is 2.85. The van der Waals surface area contributed by atoms with Crippen LogP contribution in [0.15, 0.2) is 10.3 Å². The molecule has 0 aromatic rings. The Morgan fingerprint density at radius 1 is 1.83 bits per heavy atom. The van der Waals surface area contributed by atoms with E-state index in [2.05, 4.69) is 27.8 Å². The predicted octanol–water partition coefficient (Wildman–Crippen LogP) is -0.293. The SMILES string of the molecule is NBN/C=C\I. The molecule has 0 spiro atoms. The van der Waals surface area contributed by atoms with Crippen molar-refractivity contribution >= 4 is 30.1 Å². The second-order valence-corrected chi connectivity index (χ2v) is 1.42. The van der Waals surface area contributed by atoms with Gasteiger partial charge in [0.05, 0.1) is 0 Å². The molecule has 2 nitrogen and oxygen atoms in total. The van der Waals surface area contributed by atoms with Crippen LogP contribution in [-0.4, -0.2) is 7.55 Å². The zero-order valence-corrected chi connectivity index (χ0v) is 5.47. The van der Waals surface area contributed by atoms with Crippen molar-refractivity contribution in [3.8, 4) is 0 Å². The van der Waals surface area contributed by atoms with E-state index in [0.717, 1.165) is 0 Å². The van der Waals surface area contributed by atoms with Crippen LogP contribution in [0.3, 0.4) is 0 Å². The summed E-state index contributed by atoms with van der Waals surface area (Å²) in [5, 5.41) is 2.79. The van der Waals surface area contributed by atoms with Crippen LogP contribution in [0.25, 0.3) is 0 Å². The zero-order valence-electron chi connectivity index (χ0n) is 3.32. The summed E-state index contributed by atoms with van der Waals surface area (Å²) in [4.78, 5) is 0. The van der Waals surface area contributed by atoms with Gasteiger partial charge in [0.15, 0.2) is 0 Å². The highest BCUT2D eigenvalue weighted by Gasteiger charge is 1.64. The Bertz CT molecular complexity index is 46.8. The second-order valence-electron chi connectivity index (χ2n) is 0.701. The Labute approximate surface area is 51.6 Å². The molecule has 4 heteroatoms. The zero-order chi connectivity index (χ0) is 4.83. The molecule has 0 aromatic heterocycles. The van der Waals surface area contributed by atoms with Gasteiger partial charge in [0, 0.05) is 0 Å². The summed E-state index contributed by atoms with van der Waals surface area (Å²) in [6, 6.07) is 0. The molecule has 0 rings (SSSR count). The molecule has 0 heterocycles. The van der Waals surface area contributed by atoms with Gasteiger partial charge in [-0.2, -0.15) is 0 Å². The number of hydrogen-bond donors (Lipinski definition) is 2. The van der Waals surface area contributed by atoms with Crippen LogP contribution in [0.1, 0.15) is 0 Å². The largest absolute Gasteiger partial charge is 0.423 e. The Morgan fingerprint density at radius 2 is 2.50 bits per heavy atom. The van der Waals surface area contributed by atoms with Crippen molar-refractivity contribution in [1.29, 1.82) is 0 Å². The maximum atomic E-state index is 5.05. The average Bonchev–Trinajstić information content (AvgIpc) is 1.61. The molecule has 0 aliphatic heterocycles. The maximum Gasteiger partial charge on any atom is 0.315 e. The van der Waals surface area contributed by atoms with Crippen molar-refractivity contribution in [3.05, 3.63) is 10.3 Å². The molecular formula is C2H6BIN2. The van der Waals surface area contributed by atoms with Gasteiger partial charge in [0.2, 0.25) is 0 Å². The molecule has 0 unspecified atom stereocenters. The topological polar surface area (TPSA) is 38.0 Å². The third-order valence-corrected chi connectivity index (χ3v) is 0.658. The van der Waals surface area contributed by atoms with Crippen molar-refractivity contribution in [2.75, 3.05) is 0 Å². The molecule has 34 valence electrons. The lowest BCUT2D eigenvalue weighted by molar-refractivity contribution is 1.35. The number of nitrogens with one attached hydrogen (secondary N) is 1. The summed E-state index contributed by atoms with van der Waals surface area (Å²) >= 11 is 2.11. The molecule has 0 saturated carbocycles. The first-order chi connectivity index (χ1) is 2.91. The molecule has 0 amide bonds. The van der Waals surface area contributed by atoms with Gasteiger partial charge in [-0.05, 0) is 10.3 Å². The normalized spacial score (nSPS) is 9.00. The second kappa shape index (κ2) is 5.29. The molecule has 0 aliphatic carbocycles. The van der Waals surface area contributed by atoms with Crippen molar-refractivity contribution in [2.45, 2.75) is 0 Å². The molecule has 0 radical (unpaired) electrons. The van der Waals surface area contributed by atoms with Crippen LogP contribution in [0, 0.1) is 0 Å². The fourth-order valence-corrected chi connectivity index (χ4v) is 0.367. The standard InChI is InChI=1S/C2H6BIN2/c4-1-2-6-3-5/h1-3,6H,5H2/b2-1-. The predicted molar refractivity (Wildman–Crippen MR) is 37.6 cm³/mol. The lowest BCUT2D eigenvalue weighted by Gasteiger charge is -1.82. The van der Waals surface area contributed by atoms with Crippen molar-refractivity contribution in [3.63, 3.8) is 0 Å². The van der Waals surface area contributed by atoms with E-state index >= 15 is 0 Å². The molecule has 0 saturated heterocycles. The Hall–Kier alpha value is 0.295. The van der Waals surface area contributed by atoms with Crippen molar-refractivity contribution < 1.29 is 0 Å². The van der Waals surface area contributed by atoms with Crippen LogP contribution >= 0.6 is 22.6 Å². The van der Waals surface area contributed by atoms with Gasteiger partial charge in [-0.15, -0.1) is 0 Å². The van der Waals surface area contributed by atoms with Gasteiger partial charge < -0.3 is 10.9 Å². The smallest absolute Gasteiger partial charge is 0.315 e. The van der Waals surface area contributed by atoms with E-state index < -0.39 is 0 Å². The Kier molecular flexibility index (Phi) is 5.56. The first-order valence-electron chi connectivity index (χ1n) is 1.60. The minimum absolute atomic E-state index is 0.513. The monoisotopic (exact) mass is 196 g/mol. The molecule has 3 N–H and O–H groups in total. The van der Waals surface area contributed by atoms with Crippen LogP contribution < -0.4 is 10.9 Å². The van der Waals surface area contributed by atoms with Gasteiger partial charge in [-0.3, -0.25) is 0 Å². The van der Waals surface area contributed by atoms with E-state index in [9.17, 15) is 0 Å². The third kappa shape index (κ3) is 4.29. The summed E-state index contributed by atoms with van der Waals surface area (Å²) in [5.41, 5.74) is 5.05. The van der Waals surface area contributed by atoms with Gasteiger partial charge >= 0.3 is 7.55 Å². The minimum Gasteiger partial charge on any atom is -0.423 e. The highest BCUT2D eigenvalue weighted by molar-refractivity contribution is 14.1. The van der Waals surface area contributed by atoms with Gasteiger partial charge in [0.1, 0.15) is 0 Å². The maximum absolute atomic E-state index is 5.05. The molecule has 0 bridgehead atoms. The van der Waals surface area contributed by atoms with E-state index in [1.807, 2.05) is 4.08 Å². The first kappa shape index (κ1) is 6.29. The van der Waals surface area contributed by atoms with Crippen LogP contribution in [-0.2, 0) is 0 Å². The highest BCUT2D eigenvalue weighted by Crippen LogP contribution is 1.76. The summed E-state index contributed by atoms with van der Waals surface area (Å²) in [7, 11) is 0.513. The number of nitrogens with two attached hydrogens (primary N) is 1. The fourth-order valence-electron chi connectivity index (χ4n) is 0.113. The number of hydrogen-bond acceptors (Lipinski definition) is 2. The molecule has 0 aromatic carbocycles. The number of rotatable bonds is 2. The summed E-state index contributed by atoms with van der Waals surface area (Å²) in [6.07, 6.45) is 1.79. The van der Waals surface area contributed by atoms with Gasteiger partial charge in [0.25, 0.3) is 0 Å². The van der Waals surface area contributed by atoms with Crippen molar-refractivity contribution in [2.24, 2.45) is 5.64 Å². The van der Waals surface area contributed by atoms with E-state index in [1.165, 1.54) is 0 Å². The minimum atomic E-state index is 0.513. The van der Waals surface area contributed by atoms with Gasteiger partial charge in [-0.25, -0.2) is 0 Å². The fraction of sp³-hybridized carbons (Fsp3) is 0. The lowest BCUT2D eigenvalue weighted by Crippen LogP contribution is -2.20. The van der Waals surface area contributed by atoms with E-state index in [-0.39, 0.29) is 0 Å². The molecule has 0 aliphatic rings. The van der Waals surface area contributed by atoms with Crippen LogP contribution in [0.2, 0.25) is 0 Å². The average molecular weight is 196 g/mol. The van der Waals surface area contributed by atoms with Crippen LogP contribution in [0.4, 0.5) is 0 Å². The molecule has 6 heavy (non-hydrogen) atoms. The Balaban J connectivity index is 2.66. The lowest BCUT2D eigenvalue weighted by atomic mass is 10.2. The van der Waals surface area contributed by atoms with Crippen LogP contribution in [0.5, 0.6) is 0 Å². The van der Waals surface area contributed by atoms with E-state index in [0.29, 0.717) is 7.55 Å². The molecule has 0 atom stereocenters. The third-order valence-electron chi connectivity index (χ3n) is 0.299. The Morgan fingerprint density at radius 3 is 2.67 bits per heavy atom. The quantitative estimate of drug-likeness (QED) is 0.470.